The molecule has 1 unspecified atom stereocenters. The van der Waals surface area contributed by atoms with Gasteiger partial charge in [-0.05, 0) is 33.0 Å². The first kappa shape index (κ1) is 17.2. The highest BCUT2D eigenvalue weighted by Crippen LogP contribution is 2.06. The molecule has 7 nitrogen and oxygen atoms in total. The predicted octanol–water partition coefficient (Wildman–Crippen LogP) is 0.990. The van der Waals surface area contributed by atoms with Crippen LogP contribution in [0.2, 0.25) is 0 Å². The summed E-state index contributed by atoms with van der Waals surface area (Å²) < 4.78 is 1.27. The lowest BCUT2D eigenvalue weighted by molar-refractivity contribution is -0.140. The molecule has 0 aliphatic carbocycles. The number of carbonyl (C=O) groups excluding carboxylic acids is 1. The number of carboxylic acid groups (broad SMARTS) is 1. The molecule has 21 heavy (non-hydrogen) atoms. The zero-order chi connectivity index (χ0) is 15.8. The largest absolute Gasteiger partial charge is 0.480 e. The Kier molecular flexibility index (Phi) is 6.87. The second kappa shape index (κ2) is 8.41. The van der Waals surface area contributed by atoms with Crippen molar-refractivity contribution in [3.8, 4) is 0 Å². The first-order chi connectivity index (χ1) is 9.99. The lowest BCUT2D eigenvalue weighted by Crippen LogP contribution is -2.29. The zero-order valence-electron chi connectivity index (χ0n) is 12.9. The average molecular weight is 296 g/mol. The van der Waals surface area contributed by atoms with E-state index in [0.717, 1.165) is 26.1 Å². The fourth-order valence-electron chi connectivity index (χ4n) is 1.93. The van der Waals surface area contributed by atoms with Crippen molar-refractivity contribution in [2.75, 3.05) is 26.2 Å². The van der Waals surface area contributed by atoms with Gasteiger partial charge in [0.1, 0.15) is 6.04 Å². The number of rotatable bonds is 9. The molecule has 0 saturated heterocycles. The van der Waals surface area contributed by atoms with Crippen molar-refractivity contribution in [2.24, 2.45) is 0 Å². The Morgan fingerprint density at radius 1 is 1.43 bits per heavy atom. The van der Waals surface area contributed by atoms with Crippen molar-refractivity contribution in [3.63, 3.8) is 0 Å². The minimum absolute atomic E-state index is 0.224. The predicted molar refractivity (Wildman–Crippen MR) is 79.3 cm³/mol. The minimum Gasteiger partial charge on any atom is -0.480 e. The Bertz CT molecular complexity index is 469. The minimum atomic E-state index is -0.982. The summed E-state index contributed by atoms with van der Waals surface area (Å²) in [5.41, 5.74) is 0.380. The second-order valence-electron chi connectivity index (χ2n) is 4.86. The molecule has 0 aliphatic rings. The molecule has 1 aromatic rings. The van der Waals surface area contributed by atoms with E-state index in [0.29, 0.717) is 12.1 Å². The molecule has 1 aromatic heterocycles. The van der Waals surface area contributed by atoms with E-state index in [1.54, 1.807) is 0 Å². The van der Waals surface area contributed by atoms with Crippen LogP contribution in [0, 0.1) is 0 Å². The highest BCUT2D eigenvalue weighted by atomic mass is 16.4. The van der Waals surface area contributed by atoms with Gasteiger partial charge in [-0.15, -0.1) is 0 Å². The Morgan fingerprint density at radius 2 is 2.10 bits per heavy atom. The van der Waals surface area contributed by atoms with Crippen LogP contribution < -0.4 is 5.32 Å². The van der Waals surface area contributed by atoms with Gasteiger partial charge in [-0.3, -0.25) is 9.48 Å². The molecule has 0 aromatic carbocycles. The molecule has 1 rings (SSSR count). The summed E-state index contributed by atoms with van der Waals surface area (Å²) in [6.07, 6.45) is 3.73. The van der Waals surface area contributed by atoms with Gasteiger partial charge >= 0.3 is 5.97 Å². The van der Waals surface area contributed by atoms with Crippen LogP contribution in [0.4, 0.5) is 0 Å². The van der Waals surface area contributed by atoms with Crippen molar-refractivity contribution in [3.05, 3.63) is 18.0 Å². The molecular weight excluding hydrogens is 272 g/mol. The van der Waals surface area contributed by atoms with E-state index in [4.69, 9.17) is 5.11 Å². The number of nitrogens with one attached hydrogen (secondary N) is 1. The number of hydrogen-bond donors (Lipinski definition) is 2. The first-order valence-corrected chi connectivity index (χ1v) is 7.27. The first-order valence-electron chi connectivity index (χ1n) is 7.27. The summed E-state index contributed by atoms with van der Waals surface area (Å²) in [5, 5.41) is 15.6. The number of amides is 1. The van der Waals surface area contributed by atoms with Gasteiger partial charge in [0.25, 0.3) is 5.91 Å². The molecule has 1 atom stereocenters. The van der Waals surface area contributed by atoms with Crippen LogP contribution in [0.25, 0.3) is 0 Å². The van der Waals surface area contributed by atoms with Gasteiger partial charge in [0.05, 0.1) is 11.8 Å². The van der Waals surface area contributed by atoms with Crippen LogP contribution in [0.15, 0.2) is 12.4 Å². The zero-order valence-corrected chi connectivity index (χ0v) is 12.9. The molecule has 118 valence electrons. The van der Waals surface area contributed by atoms with E-state index in [9.17, 15) is 9.59 Å². The van der Waals surface area contributed by atoms with E-state index in [1.165, 1.54) is 24.0 Å². The van der Waals surface area contributed by atoms with Crippen LogP contribution in [-0.4, -0.2) is 57.8 Å². The van der Waals surface area contributed by atoms with Gasteiger partial charge in [-0.25, -0.2) is 4.79 Å². The summed E-state index contributed by atoms with van der Waals surface area (Å²) in [4.78, 5) is 25.0. The standard InChI is InChI=1S/C14H24N4O3/c1-4-17(5-2)8-6-7-15-13(19)12-9-16-18(10-12)11(3)14(20)21/h9-11H,4-8H2,1-3H3,(H,15,19)(H,20,21). The quantitative estimate of drug-likeness (QED) is 0.664. The fraction of sp³-hybridized carbons (Fsp3) is 0.643. The van der Waals surface area contributed by atoms with E-state index in [1.807, 2.05) is 0 Å². The lowest BCUT2D eigenvalue weighted by atomic mass is 10.3. The molecule has 7 heteroatoms. The number of nitrogens with zero attached hydrogens (tertiary/aromatic N) is 3. The molecule has 2 N–H and O–H groups in total. The maximum atomic E-state index is 11.9. The van der Waals surface area contributed by atoms with Crippen LogP contribution in [0.5, 0.6) is 0 Å². The molecule has 1 amide bonds. The van der Waals surface area contributed by atoms with Crippen LogP contribution >= 0.6 is 0 Å². The SMILES string of the molecule is CCN(CC)CCCNC(=O)c1cnn(C(C)C(=O)O)c1. The van der Waals surface area contributed by atoms with Gasteiger partial charge in [0.2, 0.25) is 0 Å². The second-order valence-corrected chi connectivity index (χ2v) is 4.86. The van der Waals surface area contributed by atoms with Gasteiger partial charge in [0, 0.05) is 12.7 Å². The van der Waals surface area contributed by atoms with Crippen molar-refractivity contribution in [1.29, 1.82) is 0 Å². The highest BCUT2D eigenvalue weighted by Gasteiger charge is 2.16. The molecular formula is C14H24N4O3. The summed E-state index contributed by atoms with van der Waals surface area (Å²) in [5.74, 6) is -1.21. The smallest absolute Gasteiger partial charge is 0.328 e. The van der Waals surface area contributed by atoms with Crippen molar-refractivity contribution in [1.82, 2.24) is 20.0 Å². The van der Waals surface area contributed by atoms with Gasteiger partial charge in [0.15, 0.2) is 0 Å². The summed E-state index contributed by atoms with van der Waals surface area (Å²) >= 11 is 0. The average Bonchev–Trinajstić information content (AvgIpc) is 2.96. The molecule has 1 heterocycles. The van der Waals surface area contributed by atoms with Gasteiger partial charge in [-0.2, -0.15) is 5.10 Å². The van der Waals surface area contributed by atoms with Crippen molar-refractivity contribution < 1.29 is 14.7 Å². The van der Waals surface area contributed by atoms with E-state index >= 15 is 0 Å². The third kappa shape index (κ3) is 5.18. The van der Waals surface area contributed by atoms with E-state index in [2.05, 4.69) is 29.2 Å². The molecule has 0 radical (unpaired) electrons. The van der Waals surface area contributed by atoms with Gasteiger partial charge < -0.3 is 15.3 Å². The third-order valence-electron chi connectivity index (χ3n) is 3.45. The van der Waals surface area contributed by atoms with E-state index < -0.39 is 12.0 Å². The monoisotopic (exact) mass is 296 g/mol. The number of hydrogen-bond acceptors (Lipinski definition) is 4. The normalized spacial score (nSPS) is 12.4. The highest BCUT2D eigenvalue weighted by molar-refractivity contribution is 5.93. The molecule has 0 aliphatic heterocycles. The number of carbonyl (C=O) groups is 2. The van der Waals surface area contributed by atoms with Crippen LogP contribution in [0.3, 0.4) is 0 Å². The van der Waals surface area contributed by atoms with Crippen molar-refractivity contribution >= 4 is 11.9 Å². The van der Waals surface area contributed by atoms with Crippen LogP contribution in [-0.2, 0) is 4.79 Å². The molecule has 0 fully saturated rings. The molecule has 0 bridgehead atoms. The van der Waals surface area contributed by atoms with Crippen LogP contribution in [0.1, 0.15) is 43.6 Å². The van der Waals surface area contributed by atoms with Gasteiger partial charge in [-0.1, -0.05) is 13.8 Å². The third-order valence-corrected chi connectivity index (χ3v) is 3.45. The fourth-order valence-corrected chi connectivity index (χ4v) is 1.93. The Balaban J connectivity index is 2.41. The Labute approximate surface area is 124 Å². The summed E-state index contributed by atoms with van der Waals surface area (Å²) in [6.45, 7) is 9.29. The van der Waals surface area contributed by atoms with E-state index in [-0.39, 0.29) is 5.91 Å². The molecule has 0 saturated carbocycles. The Hall–Kier alpha value is -1.89. The maximum absolute atomic E-state index is 11.9. The maximum Gasteiger partial charge on any atom is 0.328 e. The number of aliphatic carboxylic acids is 1. The Morgan fingerprint density at radius 3 is 2.67 bits per heavy atom. The topological polar surface area (TPSA) is 87.5 Å². The summed E-state index contributed by atoms with van der Waals surface area (Å²) in [7, 11) is 0. The number of aromatic nitrogens is 2. The molecule has 0 spiro atoms. The number of carboxylic acids is 1. The van der Waals surface area contributed by atoms with Crippen molar-refractivity contribution in [2.45, 2.75) is 33.2 Å². The summed E-state index contributed by atoms with van der Waals surface area (Å²) in [6, 6.07) is -0.783. The lowest BCUT2D eigenvalue weighted by Gasteiger charge is -2.17.